The van der Waals surface area contributed by atoms with E-state index >= 15 is 0 Å². The van der Waals surface area contributed by atoms with Gasteiger partial charge in [-0.25, -0.2) is 13.4 Å². The molecule has 3 rings (SSSR count). The van der Waals surface area contributed by atoms with Crippen LogP contribution < -0.4 is 29.7 Å². The Kier molecular flexibility index (Phi) is 11.4. The first-order valence-corrected chi connectivity index (χ1v) is 13.8. The summed E-state index contributed by atoms with van der Waals surface area (Å²) in [5, 5.41) is 5.53. The van der Waals surface area contributed by atoms with Gasteiger partial charge in [-0.15, -0.1) is 11.3 Å². The number of anilines is 2. The fraction of sp³-hybridized carbons (Fsp3) is 0.333. The van der Waals surface area contributed by atoms with Crippen molar-refractivity contribution in [2.24, 2.45) is 5.73 Å². The number of amides is 1. The van der Waals surface area contributed by atoms with Crippen LogP contribution in [-0.4, -0.2) is 60.7 Å². The quantitative estimate of drug-likeness (QED) is 0.337. The van der Waals surface area contributed by atoms with Crippen LogP contribution in [0, 0.1) is 0 Å². The first-order valence-electron chi connectivity index (χ1n) is 11.1. The van der Waals surface area contributed by atoms with Gasteiger partial charge in [-0.3, -0.25) is 9.10 Å². The number of methoxy groups -OCH3 is 2. The van der Waals surface area contributed by atoms with Crippen molar-refractivity contribution in [1.82, 2.24) is 10.3 Å². The van der Waals surface area contributed by atoms with Crippen LogP contribution in [0.2, 0.25) is 5.02 Å². The van der Waals surface area contributed by atoms with E-state index in [0.717, 1.165) is 11.4 Å². The highest BCUT2D eigenvalue weighted by Crippen LogP contribution is 2.36. The Hall–Kier alpha value is -3.06. The molecule has 1 aromatic heterocycles. The SMILES string of the molecule is CC(N)=O.COc1ccc(S(=O)(=O)N(CCNCc2cscn2)c2cc(N(C)C)ccc2Cl)cc1OC. The number of sulfonamides is 1. The zero-order chi connectivity index (χ0) is 27.6. The lowest BCUT2D eigenvalue weighted by Crippen LogP contribution is -2.37. The Morgan fingerprint density at radius 1 is 1.14 bits per heavy atom. The third-order valence-electron chi connectivity index (χ3n) is 4.94. The summed E-state index contributed by atoms with van der Waals surface area (Å²) in [6.45, 7) is 2.41. The average Bonchev–Trinajstić information content (AvgIpc) is 3.37. The van der Waals surface area contributed by atoms with Crippen LogP contribution in [0.4, 0.5) is 11.4 Å². The molecule has 1 amide bonds. The molecule has 0 saturated carbocycles. The molecule has 0 atom stereocenters. The predicted molar refractivity (Wildman–Crippen MR) is 149 cm³/mol. The van der Waals surface area contributed by atoms with Crippen LogP contribution >= 0.6 is 22.9 Å². The number of ether oxygens (including phenoxy) is 2. The van der Waals surface area contributed by atoms with Gasteiger partial charge < -0.3 is 25.4 Å². The molecule has 2 aromatic carbocycles. The zero-order valence-electron chi connectivity index (χ0n) is 21.4. The van der Waals surface area contributed by atoms with E-state index in [0.29, 0.717) is 35.3 Å². The first-order chi connectivity index (χ1) is 17.5. The molecule has 1 heterocycles. The van der Waals surface area contributed by atoms with E-state index < -0.39 is 10.0 Å². The molecular weight excluding hydrogens is 538 g/mol. The Morgan fingerprint density at radius 3 is 2.38 bits per heavy atom. The van der Waals surface area contributed by atoms with Crippen LogP contribution in [0.3, 0.4) is 0 Å². The van der Waals surface area contributed by atoms with Crippen LogP contribution in [0.5, 0.6) is 11.5 Å². The van der Waals surface area contributed by atoms with Crippen molar-refractivity contribution < 1.29 is 22.7 Å². The second-order valence-corrected chi connectivity index (χ2v) is 10.9. The van der Waals surface area contributed by atoms with Crippen molar-refractivity contribution >= 4 is 50.2 Å². The zero-order valence-corrected chi connectivity index (χ0v) is 23.8. The normalized spacial score (nSPS) is 10.8. The minimum absolute atomic E-state index is 0.0750. The first kappa shape index (κ1) is 30.2. The standard InChI is InChI=1S/C22H27ClN4O4S2.C2H5NO/c1-26(2)17-5-7-19(23)20(11-17)27(10-9-24-13-16-14-32-15-25-16)33(28,29)18-6-8-21(30-3)22(12-18)31-4;1-2(3)4/h5-8,11-12,14-15,24H,9-10,13H2,1-4H3;1H3,(H2,3,4). The minimum Gasteiger partial charge on any atom is -0.493 e. The van der Waals surface area contributed by atoms with Crippen molar-refractivity contribution in [3.05, 3.63) is 58.0 Å². The molecule has 37 heavy (non-hydrogen) atoms. The van der Waals surface area contributed by atoms with Crippen LogP contribution in [0.1, 0.15) is 12.6 Å². The molecular formula is C24H32ClN5O5S2. The molecule has 0 aliphatic heterocycles. The summed E-state index contributed by atoms with van der Waals surface area (Å²) in [5.41, 5.74) is 8.37. The molecule has 0 radical (unpaired) electrons. The number of rotatable bonds is 11. The van der Waals surface area contributed by atoms with Crippen molar-refractivity contribution in [3.63, 3.8) is 0 Å². The summed E-state index contributed by atoms with van der Waals surface area (Å²) in [5.74, 6) is 0.439. The number of hydrogen-bond donors (Lipinski definition) is 2. The highest BCUT2D eigenvalue weighted by atomic mass is 35.5. The second-order valence-electron chi connectivity index (χ2n) is 7.89. The fourth-order valence-electron chi connectivity index (χ4n) is 3.17. The third-order valence-corrected chi connectivity index (χ3v) is 7.70. The lowest BCUT2D eigenvalue weighted by atomic mass is 10.2. The molecule has 3 N–H and O–H groups in total. The number of aromatic nitrogens is 1. The van der Waals surface area contributed by atoms with Gasteiger partial charge in [-0.1, -0.05) is 11.6 Å². The van der Waals surface area contributed by atoms with Gasteiger partial charge in [-0.05, 0) is 30.3 Å². The molecule has 10 nitrogen and oxygen atoms in total. The van der Waals surface area contributed by atoms with E-state index in [1.807, 2.05) is 30.4 Å². The van der Waals surface area contributed by atoms with Crippen molar-refractivity contribution in [2.75, 3.05) is 50.6 Å². The maximum atomic E-state index is 13.8. The largest absolute Gasteiger partial charge is 0.493 e. The Labute approximate surface area is 227 Å². The number of nitrogens with zero attached hydrogens (tertiary/aromatic N) is 3. The summed E-state index contributed by atoms with van der Waals surface area (Å²) in [6, 6.07) is 9.83. The van der Waals surface area contributed by atoms with Crippen LogP contribution in [-0.2, 0) is 21.4 Å². The summed E-state index contributed by atoms with van der Waals surface area (Å²) in [6.07, 6.45) is 0. The Balaban J connectivity index is 0.00000112. The second kappa shape index (κ2) is 14.0. The van der Waals surface area contributed by atoms with Crippen molar-refractivity contribution in [1.29, 1.82) is 0 Å². The molecule has 0 aliphatic carbocycles. The van der Waals surface area contributed by atoms with E-state index in [9.17, 15) is 13.2 Å². The summed E-state index contributed by atoms with van der Waals surface area (Å²) < 4.78 is 39.4. The predicted octanol–water partition coefficient (Wildman–Crippen LogP) is 3.36. The highest BCUT2D eigenvalue weighted by molar-refractivity contribution is 7.92. The summed E-state index contributed by atoms with van der Waals surface area (Å²) in [7, 11) is 2.76. The fourth-order valence-corrected chi connectivity index (χ4v) is 5.49. The van der Waals surface area contributed by atoms with Gasteiger partial charge in [0.05, 0.1) is 41.0 Å². The monoisotopic (exact) mass is 569 g/mol. The van der Waals surface area contributed by atoms with Crippen molar-refractivity contribution in [3.8, 4) is 11.5 Å². The molecule has 202 valence electrons. The number of thiazole rings is 1. The lowest BCUT2D eigenvalue weighted by Gasteiger charge is -2.27. The van der Waals surface area contributed by atoms with E-state index in [-0.39, 0.29) is 17.3 Å². The van der Waals surface area contributed by atoms with Crippen LogP contribution in [0.25, 0.3) is 0 Å². The number of benzene rings is 2. The molecule has 13 heteroatoms. The van der Waals surface area contributed by atoms with Gasteiger partial charge in [0.2, 0.25) is 5.91 Å². The Bertz CT molecular complexity index is 1270. The molecule has 0 unspecified atom stereocenters. The minimum atomic E-state index is -3.97. The third kappa shape index (κ3) is 8.49. The van der Waals surface area contributed by atoms with Crippen LogP contribution in [0.15, 0.2) is 52.2 Å². The van der Waals surface area contributed by atoms with E-state index in [2.05, 4.69) is 16.0 Å². The molecule has 0 spiro atoms. The van der Waals surface area contributed by atoms with Gasteiger partial charge in [0.15, 0.2) is 11.5 Å². The smallest absolute Gasteiger partial charge is 0.264 e. The maximum absolute atomic E-state index is 13.8. The number of hydrogen-bond acceptors (Lipinski definition) is 9. The topological polar surface area (TPSA) is 127 Å². The van der Waals surface area contributed by atoms with Gasteiger partial charge in [0.25, 0.3) is 10.0 Å². The highest BCUT2D eigenvalue weighted by Gasteiger charge is 2.28. The number of nitrogens with one attached hydrogen (secondary N) is 1. The molecule has 0 fully saturated rings. The summed E-state index contributed by atoms with van der Waals surface area (Å²) >= 11 is 8.00. The lowest BCUT2D eigenvalue weighted by molar-refractivity contribution is -0.115. The molecule has 0 bridgehead atoms. The molecule has 3 aromatic rings. The number of primary amides is 1. The van der Waals surface area contributed by atoms with Gasteiger partial charge in [-0.2, -0.15) is 0 Å². The van der Waals surface area contributed by atoms with E-state index in [1.165, 1.54) is 48.9 Å². The number of carbonyl (C=O) groups is 1. The van der Waals surface area contributed by atoms with Crippen molar-refractivity contribution in [2.45, 2.75) is 18.4 Å². The Morgan fingerprint density at radius 2 is 1.81 bits per heavy atom. The van der Waals surface area contributed by atoms with Gasteiger partial charge in [0.1, 0.15) is 0 Å². The van der Waals surface area contributed by atoms with E-state index in [4.69, 9.17) is 21.1 Å². The molecule has 0 aliphatic rings. The summed E-state index contributed by atoms with van der Waals surface area (Å²) in [4.78, 5) is 15.4. The van der Waals surface area contributed by atoms with E-state index in [1.54, 1.807) is 23.7 Å². The average molecular weight is 570 g/mol. The number of halogens is 1. The number of nitrogens with two attached hydrogens (primary N) is 1. The molecule has 0 saturated heterocycles. The van der Waals surface area contributed by atoms with Gasteiger partial charge in [0, 0.05) is 57.8 Å². The number of carbonyl (C=O) groups excluding carboxylic acids is 1. The van der Waals surface area contributed by atoms with Gasteiger partial charge >= 0.3 is 0 Å². The maximum Gasteiger partial charge on any atom is 0.264 e.